The van der Waals surface area contributed by atoms with Crippen LogP contribution >= 0.6 is 11.6 Å². The predicted molar refractivity (Wildman–Crippen MR) is 83.8 cm³/mol. The van der Waals surface area contributed by atoms with Crippen LogP contribution in [0.25, 0.3) is 0 Å². The topological polar surface area (TPSA) is 61.4 Å². The number of rotatable bonds is 4. The third-order valence-corrected chi connectivity index (χ3v) is 5.76. The molecule has 1 aromatic rings. The first-order valence-corrected chi connectivity index (χ1v) is 9.24. The molecule has 0 radical (unpaired) electrons. The van der Waals surface area contributed by atoms with Gasteiger partial charge in [-0.25, -0.2) is 13.1 Å². The molecule has 1 aromatic carbocycles. The van der Waals surface area contributed by atoms with Gasteiger partial charge in [-0.2, -0.15) is 0 Å². The Bertz CT molecular complexity index is 577. The quantitative estimate of drug-likeness (QED) is 0.858. The van der Waals surface area contributed by atoms with Crippen LogP contribution in [-0.2, 0) is 15.8 Å². The summed E-state index contributed by atoms with van der Waals surface area (Å²) >= 11 is 5.81. The van der Waals surface area contributed by atoms with E-state index in [0.717, 1.165) is 38.2 Å². The van der Waals surface area contributed by atoms with Crippen LogP contribution in [0.3, 0.4) is 0 Å². The number of halogens is 1. The molecule has 2 aliphatic heterocycles. The predicted octanol–water partition coefficient (Wildman–Crippen LogP) is 0.806. The van der Waals surface area contributed by atoms with Crippen LogP contribution in [0.5, 0.6) is 0 Å². The second kappa shape index (κ2) is 6.22. The van der Waals surface area contributed by atoms with Crippen molar-refractivity contribution in [2.75, 3.05) is 26.2 Å². The molecule has 2 aliphatic rings. The van der Waals surface area contributed by atoms with E-state index in [4.69, 9.17) is 11.6 Å². The Morgan fingerprint density at radius 3 is 2.81 bits per heavy atom. The first-order chi connectivity index (χ1) is 10.0. The van der Waals surface area contributed by atoms with Gasteiger partial charge in [-0.1, -0.05) is 23.7 Å². The second-order valence-corrected chi connectivity index (χ2v) is 7.98. The molecule has 0 spiro atoms. The van der Waals surface area contributed by atoms with Gasteiger partial charge in [0.25, 0.3) is 0 Å². The van der Waals surface area contributed by atoms with Crippen molar-refractivity contribution in [2.45, 2.75) is 24.3 Å². The van der Waals surface area contributed by atoms with Gasteiger partial charge in [0.05, 0.1) is 5.75 Å². The highest BCUT2D eigenvalue weighted by Gasteiger charge is 2.35. The highest BCUT2D eigenvalue weighted by atomic mass is 35.5. The summed E-state index contributed by atoms with van der Waals surface area (Å²) in [5.74, 6) is 0.00356. The Labute approximate surface area is 130 Å². The minimum atomic E-state index is -3.31. The molecule has 7 heteroatoms. The first kappa shape index (κ1) is 15.2. The zero-order chi connectivity index (χ0) is 14.9. The van der Waals surface area contributed by atoms with E-state index in [9.17, 15) is 8.42 Å². The summed E-state index contributed by atoms with van der Waals surface area (Å²) in [6.07, 6.45) is 0.882. The van der Waals surface area contributed by atoms with Gasteiger partial charge in [0.1, 0.15) is 0 Å². The summed E-state index contributed by atoms with van der Waals surface area (Å²) < 4.78 is 27.4. The van der Waals surface area contributed by atoms with E-state index in [1.807, 2.05) is 0 Å². The van der Waals surface area contributed by atoms with Crippen LogP contribution in [0.15, 0.2) is 24.3 Å². The van der Waals surface area contributed by atoms with Crippen LogP contribution in [0.4, 0.5) is 0 Å². The molecule has 2 fully saturated rings. The van der Waals surface area contributed by atoms with Crippen molar-refractivity contribution in [2.24, 2.45) is 0 Å². The average Bonchev–Trinajstić information content (AvgIpc) is 2.82. The summed E-state index contributed by atoms with van der Waals surface area (Å²) in [5.41, 5.74) is 0.754. The van der Waals surface area contributed by atoms with Gasteiger partial charge in [0.2, 0.25) is 10.0 Å². The van der Waals surface area contributed by atoms with Crippen molar-refractivity contribution < 1.29 is 8.42 Å². The molecule has 0 aliphatic carbocycles. The molecule has 2 heterocycles. The number of piperazine rings is 1. The van der Waals surface area contributed by atoms with Crippen molar-refractivity contribution in [1.82, 2.24) is 14.9 Å². The van der Waals surface area contributed by atoms with Crippen molar-refractivity contribution in [3.05, 3.63) is 34.9 Å². The van der Waals surface area contributed by atoms with Gasteiger partial charge >= 0.3 is 0 Å². The Kier molecular flexibility index (Phi) is 4.51. The Morgan fingerprint density at radius 2 is 2.10 bits per heavy atom. The smallest absolute Gasteiger partial charge is 0.216 e. The second-order valence-electron chi connectivity index (χ2n) is 5.79. The number of hydrogen-bond acceptors (Lipinski definition) is 4. The molecule has 2 N–H and O–H groups in total. The third kappa shape index (κ3) is 3.96. The lowest BCUT2D eigenvalue weighted by Gasteiger charge is -2.29. The van der Waals surface area contributed by atoms with Crippen molar-refractivity contribution in [3.8, 4) is 0 Å². The van der Waals surface area contributed by atoms with Crippen LogP contribution in [-0.4, -0.2) is 51.6 Å². The summed E-state index contributed by atoms with van der Waals surface area (Å²) in [7, 11) is -3.31. The van der Waals surface area contributed by atoms with Gasteiger partial charge in [-0.3, -0.25) is 4.90 Å². The van der Waals surface area contributed by atoms with E-state index in [-0.39, 0.29) is 11.8 Å². The van der Waals surface area contributed by atoms with Gasteiger partial charge in [-0.15, -0.1) is 0 Å². The zero-order valence-corrected chi connectivity index (χ0v) is 13.3. The SMILES string of the molecule is O=S(=O)(Cc1ccc(Cl)cc1)N[C@H]1C[C@H]2CNCCN2C1. The van der Waals surface area contributed by atoms with E-state index in [1.165, 1.54) is 0 Å². The van der Waals surface area contributed by atoms with Gasteiger partial charge < -0.3 is 5.32 Å². The van der Waals surface area contributed by atoms with E-state index in [2.05, 4.69) is 14.9 Å². The molecule has 2 atom stereocenters. The number of fused-ring (bicyclic) bond motifs is 1. The van der Waals surface area contributed by atoms with E-state index >= 15 is 0 Å². The molecule has 0 unspecified atom stereocenters. The number of benzene rings is 1. The van der Waals surface area contributed by atoms with Crippen LogP contribution in [0, 0.1) is 0 Å². The highest BCUT2D eigenvalue weighted by molar-refractivity contribution is 7.88. The summed E-state index contributed by atoms with van der Waals surface area (Å²) in [6, 6.07) is 7.42. The van der Waals surface area contributed by atoms with Crippen LogP contribution < -0.4 is 10.0 Å². The van der Waals surface area contributed by atoms with Crippen molar-refractivity contribution in [3.63, 3.8) is 0 Å². The molecular weight excluding hydrogens is 310 g/mol. The van der Waals surface area contributed by atoms with E-state index < -0.39 is 10.0 Å². The maximum atomic E-state index is 12.3. The maximum Gasteiger partial charge on any atom is 0.216 e. The molecule has 0 amide bonds. The van der Waals surface area contributed by atoms with E-state index in [0.29, 0.717) is 11.1 Å². The molecule has 21 heavy (non-hydrogen) atoms. The lowest BCUT2D eigenvalue weighted by Crippen LogP contribution is -2.47. The van der Waals surface area contributed by atoms with Gasteiger partial charge in [-0.05, 0) is 24.1 Å². The standard InChI is InChI=1S/C14H20ClN3O2S/c15-12-3-1-11(2-4-12)10-21(19,20)17-13-7-14-8-16-5-6-18(14)9-13/h1-4,13-14,16-17H,5-10H2/t13-,14-/m0/s1. The van der Waals surface area contributed by atoms with Crippen molar-refractivity contribution in [1.29, 1.82) is 0 Å². The number of nitrogens with one attached hydrogen (secondary N) is 2. The molecule has 3 rings (SSSR count). The Morgan fingerprint density at radius 1 is 1.33 bits per heavy atom. The minimum absolute atomic E-state index is 0.00356. The first-order valence-electron chi connectivity index (χ1n) is 7.21. The lowest BCUT2D eigenvalue weighted by atomic mass is 10.1. The van der Waals surface area contributed by atoms with Crippen LogP contribution in [0.2, 0.25) is 5.02 Å². The lowest BCUT2D eigenvalue weighted by molar-refractivity contribution is 0.211. The fourth-order valence-electron chi connectivity index (χ4n) is 3.14. The molecule has 0 saturated carbocycles. The molecule has 116 valence electrons. The van der Waals surface area contributed by atoms with Crippen molar-refractivity contribution >= 4 is 21.6 Å². The monoisotopic (exact) mass is 329 g/mol. The Hall–Kier alpha value is -0.660. The number of sulfonamides is 1. The van der Waals surface area contributed by atoms with Gasteiger partial charge in [0.15, 0.2) is 0 Å². The molecule has 0 bridgehead atoms. The Balaban J connectivity index is 1.60. The zero-order valence-electron chi connectivity index (χ0n) is 11.8. The molecule has 0 aromatic heterocycles. The number of hydrogen-bond donors (Lipinski definition) is 2. The van der Waals surface area contributed by atoms with Gasteiger partial charge in [0, 0.05) is 43.3 Å². The highest BCUT2D eigenvalue weighted by Crippen LogP contribution is 2.20. The maximum absolute atomic E-state index is 12.3. The normalized spacial score (nSPS) is 26.7. The summed E-state index contributed by atoms with van der Waals surface area (Å²) in [6.45, 7) is 3.75. The molecular formula is C14H20ClN3O2S. The largest absolute Gasteiger partial charge is 0.314 e. The minimum Gasteiger partial charge on any atom is -0.314 e. The fourth-order valence-corrected chi connectivity index (χ4v) is 4.66. The third-order valence-electron chi connectivity index (χ3n) is 4.10. The molecule has 2 saturated heterocycles. The van der Waals surface area contributed by atoms with E-state index in [1.54, 1.807) is 24.3 Å². The number of nitrogens with zero attached hydrogens (tertiary/aromatic N) is 1. The fraction of sp³-hybridized carbons (Fsp3) is 0.571. The summed E-state index contributed by atoms with van der Waals surface area (Å²) in [5, 5.41) is 3.97. The van der Waals surface area contributed by atoms with Crippen LogP contribution in [0.1, 0.15) is 12.0 Å². The summed E-state index contributed by atoms with van der Waals surface area (Å²) in [4.78, 5) is 2.37. The molecule has 5 nitrogen and oxygen atoms in total. The average molecular weight is 330 g/mol.